The second kappa shape index (κ2) is 3.37. The number of aliphatic hydroxyl groups excluding tert-OH is 1. The molecule has 1 heteroatoms. The first kappa shape index (κ1) is 8.55. The van der Waals surface area contributed by atoms with E-state index in [1.54, 1.807) is 0 Å². The molecule has 12 heavy (non-hydrogen) atoms. The van der Waals surface area contributed by atoms with Gasteiger partial charge in [0.25, 0.3) is 0 Å². The Balaban J connectivity index is 1.87. The Hall–Kier alpha value is -0.0400. The first-order valence-corrected chi connectivity index (χ1v) is 5.48. The Morgan fingerprint density at radius 3 is 2.08 bits per heavy atom. The molecule has 0 bridgehead atoms. The van der Waals surface area contributed by atoms with Gasteiger partial charge in [-0.1, -0.05) is 32.1 Å². The van der Waals surface area contributed by atoms with Crippen LogP contribution in [0.4, 0.5) is 0 Å². The van der Waals surface area contributed by atoms with Crippen LogP contribution in [-0.4, -0.2) is 11.7 Å². The van der Waals surface area contributed by atoms with Gasteiger partial charge in [-0.2, -0.15) is 0 Å². The molecule has 0 radical (unpaired) electrons. The summed E-state index contributed by atoms with van der Waals surface area (Å²) < 4.78 is 0. The van der Waals surface area contributed by atoms with E-state index in [1.807, 2.05) is 0 Å². The normalized spacial score (nSPS) is 34.2. The lowest BCUT2D eigenvalue weighted by Crippen LogP contribution is -2.08. The highest BCUT2D eigenvalue weighted by Gasteiger charge is 2.51. The summed E-state index contributed by atoms with van der Waals surface area (Å²) in [6.07, 6.45) is 11.3. The first-order chi connectivity index (χ1) is 5.87. The lowest BCUT2D eigenvalue weighted by molar-refractivity contribution is 0.229. The van der Waals surface area contributed by atoms with Crippen molar-refractivity contribution in [2.24, 2.45) is 11.3 Å². The maximum Gasteiger partial charge on any atom is 0.0464 e. The van der Waals surface area contributed by atoms with Crippen LogP contribution >= 0.6 is 0 Å². The molecule has 70 valence electrons. The van der Waals surface area contributed by atoms with Gasteiger partial charge in [0.2, 0.25) is 0 Å². The van der Waals surface area contributed by atoms with Gasteiger partial charge in [-0.05, 0) is 30.6 Å². The average Bonchev–Trinajstić information content (AvgIpc) is 2.73. The van der Waals surface area contributed by atoms with Gasteiger partial charge in [-0.3, -0.25) is 0 Å². The minimum Gasteiger partial charge on any atom is -0.396 e. The third-order valence-corrected chi connectivity index (χ3v) is 3.93. The maximum absolute atomic E-state index is 9.09. The van der Waals surface area contributed by atoms with Crippen LogP contribution in [0.5, 0.6) is 0 Å². The van der Waals surface area contributed by atoms with E-state index in [4.69, 9.17) is 5.11 Å². The van der Waals surface area contributed by atoms with Crippen molar-refractivity contribution in [3.8, 4) is 0 Å². The largest absolute Gasteiger partial charge is 0.396 e. The third-order valence-electron chi connectivity index (χ3n) is 3.93. The van der Waals surface area contributed by atoms with Crippen molar-refractivity contribution in [2.75, 3.05) is 6.61 Å². The topological polar surface area (TPSA) is 20.2 Å². The molecular formula is C11H20O. The van der Waals surface area contributed by atoms with E-state index in [1.165, 1.54) is 51.4 Å². The Labute approximate surface area is 75.2 Å². The van der Waals surface area contributed by atoms with E-state index < -0.39 is 0 Å². The summed E-state index contributed by atoms with van der Waals surface area (Å²) in [5.74, 6) is 0.676. The molecule has 0 heterocycles. The fraction of sp³-hybridized carbons (Fsp3) is 1.00. The van der Waals surface area contributed by atoms with Gasteiger partial charge in [-0.25, -0.2) is 0 Å². The van der Waals surface area contributed by atoms with Gasteiger partial charge in [0.05, 0.1) is 0 Å². The fourth-order valence-corrected chi connectivity index (χ4v) is 2.91. The lowest BCUT2D eigenvalue weighted by atomic mass is 9.87. The summed E-state index contributed by atoms with van der Waals surface area (Å²) in [6, 6.07) is 0. The van der Waals surface area contributed by atoms with Crippen LogP contribution in [0.25, 0.3) is 0 Å². The van der Waals surface area contributed by atoms with Gasteiger partial charge in [0.15, 0.2) is 0 Å². The number of rotatable bonds is 1. The number of aliphatic hydroxyl groups is 1. The van der Waals surface area contributed by atoms with Gasteiger partial charge in [0.1, 0.15) is 0 Å². The minimum absolute atomic E-state index is 0.444. The van der Waals surface area contributed by atoms with Crippen molar-refractivity contribution in [1.29, 1.82) is 0 Å². The van der Waals surface area contributed by atoms with Crippen molar-refractivity contribution in [2.45, 2.75) is 51.4 Å². The van der Waals surface area contributed by atoms with Crippen molar-refractivity contribution >= 4 is 0 Å². The molecule has 2 rings (SSSR count). The summed E-state index contributed by atoms with van der Waals surface area (Å²) >= 11 is 0. The van der Waals surface area contributed by atoms with Gasteiger partial charge in [0, 0.05) is 6.61 Å². The van der Waals surface area contributed by atoms with Crippen LogP contribution in [0.2, 0.25) is 0 Å². The monoisotopic (exact) mass is 168 g/mol. The molecule has 0 aromatic carbocycles. The molecule has 0 aliphatic heterocycles. The predicted molar refractivity (Wildman–Crippen MR) is 49.9 cm³/mol. The fourth-order valence-electron chi connectivity index (χ4n) is 2.91. The zero-order valence-corrected chi connectivity index (χ0v) is 7.89. The standard InChI is InChI=1S/C11H20O/c12-9-10-8-11(10)6-4-2-1-3-5-7-11/h10,12H,1-9H2. The average molecular weight is 168 g/mol. The summed E-state index contributed by atoms with van der Waals surface area (Å²) in [5.41, 5.74) is 0.620. The van der Waals surface area contributed by atoms with Crippen molar-refractivity contribution in [3.63, 3.8) is 0 Å². The van der Waals surface area contributed by atoms with Crippen LogP contribution in [0.3, 0.4) is 0 Å². The molecule has 1 N–H and O–H groups in total. The lowest BCUT2D eigenvalue weighted by Gasteiger charge is -2.19. The Bertz CT molecular complexity index is 145. The van der Waals surface area contributed by atoms with E-state index in [-0.39, 0.29) is 0 Å². The smallest absolute Gasteiger partial charge is 0.0464 e. The van der Waals surface area contributed by atoms with Gasteiger partial charge >= 0.3 is 0 Å². The van der Waals surface area contributed by atoms with E-state index in [2.05, 4.69) is 0 Å². The number of hydrogen-bond acceptors (Lipinski definition) is 1. The van der Waals surface area contributed by atoms with Crippen LogP contribution in [0.1, 0.15) is 51.4 Å². The van der Waals surface area contributed by atoms with Crippen LogP contribution < -0.4 is 0 Å². The van der Waals surface area contributed by atoms with Gasteiger partial charge < -0.3 is 5.11 Å². The molecule has 1 spiro atoms. The molecule has 2 fully saturated rings. The summed E-state index contributed by atoms with van der Waals surface area (Å²) in [4.78, 5) is 0. The number of hydrogen-bond donors (Lipinski definition) is 1. The minimum atomic E-state index is 0.444. The zero-order chi connectivity index (χ0) is 8.44. The Morgan fingerprint density at radius 2 is 1.58 bits per heavy atom. The zero-order valence-electron chi connectivity index (χ0n) is 7.89. The first-order valence-electron chi connectivity index (χ1n) is 5.48. The molecule has 0 aromatic rings. The van der Waals surface area contributed by atoms with Crippen LogP contribution in [0.15, 0.2) is 0 Å². The molecule has 2 aliphatic rings. The molecule has 1 unspecified atom stereocenters. The second-order valence-electron chi connectivity index (χ2n) is 4.71. The van der Waals surface area contributed by atoms with E-state index in [0.717, 1.165) is 0 Å². The van der Waals surface area contributed by atoms with Crippen molar-refractivity contribution in [3.05, 3.63) is 0 Å². The predicted octanol–water partition coefficient (Wildman–Crippen LogP) is 2.73. The molecular weight excluding hydrogens is 148 g/mol. The highest BCUT2D eigenvalue weighted by molar-refractivity contribution is 5.01. The molecule has 1 nitrogen and oxygen atoms in total. The van der Waals surface area contributed by atoms with Crippen LogP contribution in [-0.2, 0) is 0 Å². The van der Waals surface area contributed by atoms with E-state index >= 15 is 0 Å². The van der Waals surface area contributed by atoms with E-state index in [9.17, 15) is 0 Å². The summed E-state index contributed by atoms with van der Waals surface area (Å²) in [7, 11) is 0. The second-order valence-corrected chi connectivity index (χ2v) is 4.71. The molecule has 2 saturated carbocycles. The Morgan fingerprint density at radius 1 is 1.00 bits per heavy atom. The van der Waals surface area contributed by atoms with Crippen molar-refractivity contribution in [1.82, 2.24) is 0 Å². The maximum atomic E-state index is 9.09. The highest BCUT2D eigenvalue weighted by atomic mass is 16.3. The SMILES string of the molecule is OCC1CC12CCCCCCC2. The molecule has 0 aromatic heterocycles. The quantitative estimate of drug-likeness (QED) is 0.638. The van der Waals surface area contributed by atoms with E-state index in [0.29, 0.717) is 17.9 Å². The van der Waals surface area contributed by atoms with Crippen LogP contribution in [0, 0.1) is 11.3 Å². The summed E-state index contributed by atoms with van der Waals surface area (Å²) in [5, 5.41) is 9.09. The van der Waals surface area contributed by atoms with Gasteiger partial charge in [-0.15, -0.1) is 0 Å². The summed E-state index contributed by atoms with van der Waals surface area (Å²) in [6.45, 7) is 0.444. The third kappa shape index (κ3) is 1.52. The highest BCUT2D eigenvalue weighted by Crippen LogP contribution is 2.59. The van der Waals surface area contributed by atoms with Crippen molar-refractivity contribution < 1.29 is 5.11 Å². The molecule has 2 aliphatic carbocycles. The molecule has 1 atom stereocenters. The molecule has 0 saturated heterocycles. The Kier molecular flexibility index (Phi) is 2.40. The molecule has 0 amide bonds.